The van der Waals surface area contributed by atoms with Gasteiger partial charge in [0.1, 0.15) is 18.3 Å². The maximum atomic E-state index is 12.2. The third kappa shape index (κ3) is 5.16. The van der Waals surface area contributed by atoms with Gasteiger partial charge in [-0.05, 0) is 124 Å². The molecule has 0 aromatic heterocycles. The van der Waals surface area contributed by atoms with Crippen LogP contribution in [0.5, 0.6) is 0 Å². The molecule has 5 rings (SSSR count). The molecule has 0 bridgehead atoms. The maximum Gasteiger partial charge on any atom is 0.222 e. The first-order chi connectivity index (χ1) is 20.4. The monoisotopic (exact) mass is 624 g/mol. The lowest BCUT2D eigenvalue weighted by Gasteiger charge is -2.70. The van der Waals surface area contributed by atoms with E-state index in [2.05, 4.69) is 45.6 Å². The highest BCUT2D eigenvalue weighted by atomic mass is 17.1. The number of allylic oxidation sites excluding steroid dienone is 2. The van der Waals surface area contributed by atoms with Gasteiger partial charge in [-0.3, -0.25) is 0 Å². The summed E-state index contributed by atoms with van der Waals surface area (Å²) in [6.45, 7) is 17.9. The Labute approximate surface area is 263 Å². The zero-order valence-corrected chi connectivity index (χ0v) is 28.2. The smallest absolute Gasteiger partial charge is 0.222 e. The molecule has 1 aliphatic heterocycles. The Morgan fingerprint density at radius 1 is 0.841 bits per heavy atom. The summed E-state index contributed by atoms with van der Waals surface area (Å²) in [6, 6.07) is 0. The van der Waals surface area contributed by atoms with E-state index in [1.54, 1.807) is 0 Å². The van der Waals surface area contributed by atoms with Gasteiger partial charge in [0.15, 0.2) is 6.29 Å². The van der Waals surface area contributed by atoms with E-state index >= 15 is 0 Å². The molecule has 5 unspecified atom stereocenters. The van der Waals surface area contributed by atoms with Crippen LogP contribution in [-0.4, -0.2) is 79.5 Å². The number of ether oxygens (including phenoxy) is 2. The van der Waals surface area contributed by atoms with Crippen molar-refractivity contribution in [1.82, 2.24) is 0 Å². The number of rotatable bonds is 7. The van der Waals surface area contributed by atoms with E-state index in [1.807, 2.05) is 20.8 Å². The molecular formula is C35H60O9. The lowest BCUT2D eigenvalue weighted by molar-refractivity contribution is -0.437. The number of fused-ring (bicyclic) bond motifs is 5. The third-order valence-electron chi connectivity index (χ3n) is 14.4. The standard InChI is InChI=1S/C35H60O9/c1-19(2)10-9-14-35(8,43-29-27(39)26(38)28(40)30(42-29)44-41)20-11-16-34(7)25(20)21(36)18-23-32(5)15-13-24(37)31(3,4)22(32)12-17-33(23,34)6/h10,20-30,36-41H,9,11-18H2,1-8H3/t20-,21+,22?,23?,24-,25?,26-,27?,28-,29-,30?,32-,33+,34+,35-/m0/s1. The van der Waals surface area contributed by atoms with E-state index in [0.717, 1.165) is 44.9 Å². The molecule has 254 valence electrons. The maximum absolute atomic E-state index is 12.2. The molecule has 0 radical (unpaired) electrons. The molecule has 1 saturated heterocycles. The second-order valence-corrected chi connectivity index (χ2v) is 17.0. The van der Waals surface area contributed by atoms with Gasteiger partial charge < -0.3 is 35.0 Å². The van der Waals surface area contributed by atoms with Gasteiger partial charge in [-0.1, -0.05) is 46.3 Å². The minimum atomic E-state index is -1.64. The van der Waals surface area contributed by atoms with Crippen LogP contribution < -0.4 is 0 Å². The number of hydrogen-bond donors (Lipinski definition) is 6. The quantitative estimate of drug-likeness (QED) is 0.134. The fraction of sp³-hybridized carbons (Fsp3) is 0.943. The summed E-state index contributed by atoms with van der Waals surface area (Å²) in [4.78, 5) is 4.28. The van der Waals surface area contributed by atoms with E-state index in [9.17, 15) is 30.8 Å². The van der Waals surface area contributed by atoms with Crippen LogP contribution in [0.2, 0.25) is 0 Å². The lowest BCUT2D eigenvalue weighted by Crippen LogP contribution is -2.67. The predicted octanol–water partition coefficient (Wildman–Crippen LogP) is 4.78. The first-order valence-corrected chi connectivity index (χ1v) is 17.0. The van der Waals surface area contributed by atoms with E-state index in [4.69, 9.17) is 9.47 Å². The van der Waals surface area contributed by atoms with Crippen LogP contribution in [0, 0.1) is 45.3 Å². The molecule has 5 aliphatic rings. The van der Waals surface area contributed by atoms with Gasteiger partial charge in [-0.25, -0.2) is 10.1 Å². The summed E-state index contributed by atoms with van der Waals surface area (Å²) in [7, 11) is 0. The van der Waals surface area contributed by atoms with Crippen molar-refractivity contribution in [3.05, 3.63) is 11.6 Å². The van der Waals surface area contributed by atoms with Crippen molar-refractivity contribution < 1.29 is 45.2 Å². The SMILES string of the molecule is CC(C)=CCC[C@](C)(O[C@@H]1OC(OO)[C@@H](O)[C@@H](O)C1O)[C@H]1CC[C@]2(C)C1[C@H](O)CC1[C@@]3(C)CC[C@H](O)C(C)(C)C3CC[C@]12C. The van der Waals surface area contributed by atoms with Crippen LogP contribution in [0.3, 0.4) is 0 Å². The Kier molecular flexibility index (Phi) is 9.32. The molecule has 9 heteroatoms. The summed E-state index contributed by atoms with van der Waals surface area (Å²) < 4.78 is 12.3. The minimum absolute atomic E-state index is 0.00688. The van der Waals surface area contributed by atoms with Gasteiger partial charge in [0.05, 0.1) is 17.8 Å². The van der Waals surface area contributed by atoms with Gasteiger partial charge in [0.25, 0.3) is 0 Å². The highest BCUT2D eigenvalue weighted by molar-refractivity contribution is 5.20. The molecular weight excluding hydrogens is 564 g/mol. The summed E-state index contributed by atoms with van der Waals surface area (Å²) >= 11 is 0. The average Bonchev–Trinajstić information content (AvgIpc) is 3.33. The Morgan fingerprint density at radius 3 is 2.11 bits per heavy atom. The molecule has 5 fully saturated rings. The van der Waals surface area contributed by atoms with Gasteiger partial charge in [-0.2, -0.15) is 0 Å². The summed E-state index contributed by atoms with van der Waals surface area (Å²) in [5.41, 5.74) is 0.0262. The van der Waals surface area contributed by atoms with Crippen molar-refractivity contribution in [3.8, 4) is 0 Å². The van der Waals surface area contributed by atoms with Crippen molar-refractivity contribution in [2.24, 2.45) is 45.3 Å². The van der Waals surface area contributed by atoms with Crippen molar-refractivity contribution in [1.29, 1.82) is 0 Å². The lowest BCUT2D eigenvalue weighted by atomic mass is 9.35. The Balaban J connectivity index is 1.49. The molecule has 0 amide bonds. The minimum Gasteiger partial charge on any atom is -0.393 e. The molecule has 6 N–H and O–H groups in total. The number of aliphatic hydroxyl groups is 5. The summed E-state index contributed by atoms with van der Waals surface area (Å²) in [6.07, 6.45) is 1.29. The molecule has 4 saturated carbocycles. The molecule has 0 aromatic rings. The Hall–Kier alpha value is -0.620. The van der Waals surface area contributed by atoms with Crippen LogP contribution in [0.15, 0.2) is 11.6 Å². The van der Waals surface area contributed by atoms with Gasteiger partial charge >= 0.3 is 0 Å². The van der Waals surface area contributed by atoms with Gasteiger partial charge in [0, 0.05) is 0 Å². The zero-order valence-electron chi connectivity index (χ0n) is 28.2. The normalized spacial score (nSPS) is 51.5. The first-order valence-electron chi connectivity index (χ1n) is 17.0. The van der Waals surface area contributed by atoms with E-state index < -0.39 is 42.6 Å². The van der Waals surface area contributed by atoms with Crippen LogP contribution in [0.1, 0.15) is 113 Å². The van der Waals surface area contributed by atoms with Crippen LogP contribution in [0.4, 0.5) is 0 Å². The number of hydrogen-bond acceptors (Lipinski definition) is 9. The fourth-order valence-electron chi connectivity index (χ4n) is 11.7. The molecule has 15 atom stereocenters. The Morgan fingerprint density at radius 2 is 1.48 bits per heavy atom. The second kappa shape index (κ2) is 11.8. The third-order valence-corrected chi connectivity index (χ3v) is 14.4. The molecule has 4 aliphatic carbocycles. The van der Waals surface area contributed by atoms with Crippen molar-refractivity contribution in [3.63, 3.8) is 0 Å². The fourth-order valence-corrected chi connectivity index (χ4v) is 11.7. The van der Waals surface area contributed by atoms with Crippen LogP contribution >= 0.6 is 0 Å². The van der Waals surface area contributed by atoms with Crippen LogP contribution in [-0.2, 0) is 14.4 Å². The largest absolute Gasteiger partial charge is 0.393 e. The van der Waals surface area contributed by atoms with Crippen molar-refractivity contribution in [2.45, 2.75) is 162 Å². The highest BCUT2D eigenvalue weighted by Gasteiger charge is 2.71. The second-order valence-electron chi connectivity index (χ2n) is 17.0. The highest BCUT2D eigenvalue weighted by Crippen LogP contribution is 2.76. The topological polar surface area (TPSA) is 149 Å². The van der Waals surface area contributed by atoms with Crippen molar-refractivity contribution in [2.75, 3.05) is 0 Å². The van der Waals surface area contributed by atoms with E-state index in [0.29, 0.717) is 24.7 Å². The van der Waals surface area contributed by atoms with Gasteiger partial charge in [0.2, 0.25) is 6.29 Å². The van der Waals surface area contributed by atoms with Crippen LogP contribution in [0.25, 0.3) is 0 Å². The average molecular weight is 625 g/mol. The molecule has 44 heavy (non-hydrogen) atoms. The molecule has 0 aromatic carbocycles. The predicted molar refractivity (Wildman–Crippen MR) is 165 cm³/mol. The van der Waals surface area contributed by atoms with E-state index in [1.165, 1.54) is 5.57 Å². The molecule has 0 spiro atoms. The van der Waals surface area contributed by atoms with Gasteiger partial charge in [-0.15, -0.1) is 0 Å². The zero-order chi connectivity index (χ0) is 32.6. The number of aliphatic hydroxyl groups excluding tert-OH is 5. The van der Waals surface area contributed by atoms with E-state index in [-0.39, 0.29) is 39.6 Å². The Bertz CT molecular complexity index is 1070. The summed E-state index contributed by atoms with van der Waals surface area (Å²) in [5, 5.41) is 64.2. The molecule has 9 nitrogen and oxygen atoms in total. The summed E-state index contributed by atoms with van der Waals surface area (Å²) in [5.74, 6) is 0.613. The first kappa shape index (κ1) is 34.7. The van der Waals surface area contributed by atoms with Crippen molar-refractivity contribution >= 4 is 0 Å². The molecule has 1 heterocycles.